The molecule has 0 rings (SSSR count). The molecule has 0 aliphatic heterocycles. The van der Waals surface area contributed by atoms with Gasteiger partial charge in [-0.3, -0.25) is 8.42 Å². The van der Waals surface area contributed by atoms with E-state index in [9.17, 15) is 0 Å². The van der Waals surface area contributed by atoms with Crippen LogP contribution < -0.4 is 59.1 Å². The molecule has 0 heterocycles. The Labute approximate surface area is 145 Å². The first kappa shape index (κ1) is 26.2. The Kier molecular flexibility index (Phi) is 33.0. The van der Waals surface area contributed by atoms with Crippen molar-refractivity contribution in [3.8, 4) is 0 Å². The number of hydrogen-bond acceptors (Lipinski definition) is 6. The van der Waals surface area contributed by atoms with Gasteiger partial charge in [-0.15, -0.1) is 0 Å². The van der Waals surface area contributed by atoms with Crippen LogP contribution in [0.25, 0.3) is 0 Å². The van der Waals surface area contributed by atoms with Crippen molar-refractivity contribution in [2.75, 3.05) is 11.5 Å². The number of rotatable bonds is 5. The monoisotopic (exact) mass is 292 g/mol. The van der Waals surface area contributed by atoms with Gasteiger partial charge in [0.15, 0.2) is 0 Å². The summed E-state index contributed by atoms with van der Waals surface area (Å²) in [5.41, 5.74) is 0. The summed E-state index contributed by atoms with van der Waals surface area (Å²) < 4.78 is 34.1. The topological polar surface area (TPSA) is 80.3 Å². The summed E-state index contributed by atoms with van der Waals surface area (Å²) in [4.78, 5) is 0. The predicted molar refractivity (Wildman–Crippen MR) is 56.0 cm³/mol. The summed E-state index contributed by atoms with van der Waals surface area (Å²) in [7, 11) is -1.18. The molecule has 0 aliphatic carbocycles. The van der Waals surface area contributed by atoms with E-state index >= 15 is 0 Å². The van der Waals surface area contributed by atoms with Crippen LogP contribution in [0, 0.1) is 0 Å². The fourth-order valence-corrected chi connectivity index (χ4v) is 2.56. The Balaban J connectivity index is -0.0000000770. The molecule has 4 nitrogen and oxygen atoms in total. The van der Waals surface area contributed by atoms with Gasteiger partial charge >= 0.3 is 59.1 Å². The van der Waals surface area contributed by atoms with E-state index < -0.39 is 10.4 Å². The minimum atomic E-state index is -5.17. The molecular weight excluding hydrogens is 278 g/mol. The van der Waals surface area contributed by atoms with Gasteiger partial charge in [0.05, 0.1) is 0 Å². The predicted octanol–water partition coefficient (Wildman–Crippen LogP) is -4.14. The molecule has 0 aromatic rings. The van der Waals surface area contributed by atoms with Crippen molar-refractivity contribution in [2.24, 2.45) is 0 Å². The second kappa shape index (κ2) is 18.9. The zero-order chi connectivity index (χ0) is 10.7. The molecule has 0 aromatic carbocycles. The number of hydrogen-bond donors (Lipinski definition) is 0. The maximum absolute atomic E-state index is 8.52. The van der Waals surface area contributed by atoms with E-state index in [1.807, 2.05) is 21.6 Å². The van der Waals surface area contributed by atoms with Crippen molar-refractivity contribution >= 4 is 32.0 Å². The Morgan fingerprint density at radius 3 is 1.27 bits per heavy atom. The van der Waals surface area contributed by atoms with Gasteiger partial charge < -0.3 is 9.11 Å². The van der Waals surface area contributed by atoms with Gasteiger partial charge in [0.1, 0.15) is 0 Å². The molecule has 0 atom stereocenters. The second-order valence-electron chi connectivity index (χ2n) is 2.05. The Morgan fingerprint density at radius 2 is 1.13 bits per heavy atom. The van der Waals surface area contributed by atoms with Crippen molar-refractivity contribution in [3.05, 3.63) is 0 Å². The molecule has 82 valence electrons. The van der Waals surface area contributed by atoms with Crippen LogP contribution in [0.1, 0.15) is 26.7 Å². The van der Waals surface area contributed by atoms with Gasteiger partial charge in [-0.25, -0.2) is 0 Å². The first-order valence-corrected chi connectivity index (χ1v) is 7.65. The summed E-state index contributed by atoms with van der Waals surface area (Å²) in [6, 6.07) is 0. The summed E-state index contributed by atoms with van der Waals surface area (Å²) >= 11 is 0. The summed E-state index contributed by atoms with van der Waals surface area (Å²) in [5.74, 6) is 2.62. The molecular formula is C6H14Na2O4S3. The zero-order valence-electron chi connectivity index (χ0n) is 9.69. The minimum Gasteiger partial charge on any atom is -0.759 e. The molecule has 0 spiro atoms. The van der Waals surface area contributed by atoms with Crippen LogP contribution in [0.4, 0.5) is 0 Å². The molecule has 0 saturated heterocycles. The van der Waals surface area contributed by atoms with Gasteiger partial charge in [0, 0.05) is 21.9 Å². The van der Waals surface area contributed by atoms with Gasteiger partial charge in [-0.2, -0.15) is 0 Å². The smallest absolute Gasteiger partial charge is 0.759 e. The third-order valence-electron chi connectivity index (χ3n) is 0.658. The van der Waals surface area contributed by atoms with Crippen molar-refractivity contribution < 1.29 is 76.6 Å². The molecule has 0 amide bonds. The molecule has 9 heteroatoms. The van der Waals surface area contributed by atoms with Crippen LogP contribution in [0.15, 0.2) is 0 Å². The average Bonchev–Trinajstić information content (AvgIpc) is 1.95. The van der Waals surface area contributed by atoms with E-state index in [1.165, 1.54) is 24.3 Å². The maximum Gasteiger partial charge on any atom is 1.00 e. The third-order valence-corrected chi connectivity index (χ3v) is 3.47. The summed E-state index contributed by atoms with van der Waals surface area (Å²) in [5, 5.41) is 0. The Morgan fingerprint density at radius 1 is 0.933 bits per heavy atom. The van der Waals surface area contributed by atoms with Gasteiger partial charge in [-0.05, 0) is 12.8 Å². The zero-order valence-corrected chi connectivity index (χ0v) is 16.1. The molecule has 0 aromatic heterocycles. The largest absolute Gasteiger partial charge is 1.00 e. The van der Waals surface area contributed by atoms with Crippen LogP contribution in [0.2, 0.25) is 0 Å². The first-order valence-electron chi connectivity index (χ1n) is 3.82. The standard InChI is InChI=1S/C6H14S2.2Na.H2O4S/c1-3-5-7-8-6-4-2;;;1-5(2,3)4/h3-6H2,1-2H3;;;(H2,1,2,3,4)/q;2*+1;/p-2. The SMILES string of the molecule is CCCSSCCC.O=S(=O)([O-])[O-].[Na+].[Na+]. The van der Waals surface area contributed by atoms with E-state index in [4.69, 9.17) is 17.5 Å². The molecule has 0 fully saturated rings. The average molecular weight is 292 g/mol. The van der Waals surface area contributed by atoms with E-state index in [-0.39, 0.29) is 59.1 Å². The Hall–Kier alpha value is 2.57. The fourth-order valence-electron chi connectivity index (χ4n) is 0.285. The quantitative estimate of drug-likeness (QED) is 0.168. The van der Waals surface area contributed by atoms with Crippen LogP contribution in [0.3, 0.4) is 0 Å². The fraction of sp³-hybridized carbons (Fsp3) is 1.00. The minimum absolute atomic E-state index is 0. The summed E-state index contributed by atoms with van der Waals surface area (Å²) in [6.45, 7) is 4.44. The van der Waals surface area contributed by atoms with E-state index in [0.29, 0.717) is 0 Å². The molecule has 0 unspecified atom stereocenters. The molecule has 0 radical (unpaired) electrons. The normalized spacial score (nSPS) is 9.07. The molecule has 0 N–H and O–H groups in total. The van der Waals surface area contributed by atoms with E-state index in [1.54, 1.807) is 0 Å². The molecule has 0 bridgehead atoms. The van der Waals surface area contributed by atoms with Gasteiger partial charge in [0.2, 0.25) is 0 Å². The molecule has 0 saturated carbocycles. The van der Waals surface area contributed by atoms with Crippen LogP contribution in [0.5, 0.6) is 0 Å². The second-order valence-corrected chi connectivity index (χ2v) is 5.57. The van der Waals surface area contributed by atoms with E-state index in [0.717, 1.165) is 0 Å². The van der Waals surface area contributed by atoms with Gasteiger partial charge in [0.25, 0.3) is 0 Å². The first-order chi connectivity index (χ1) is 5.91. The van der Waals surface area contributed by atoms with Crippen molar-refractivity contribution in [1.82, 2.24) is 0 Å². The van der Waals surface area contributed by atoms with Crippen LogP contribution >= 0.6 is 21.6 Å². The Bertz CT molecular complexity index is 173. The van der Waals surface area contributed by atoms with Crippen LogP contribution in [-0.4, -0.2) is 29.0 Å². The van der Waals surface area contributed by atoms with Crippen molar-refractivity contribution in [2.45, 2.75) is 26.7 Å². The van der Waals surface area contributed by atoms with Crippen LogP contribution in [-0.2, 0) is 10.4 Å². The molecule has 0 aliphatic rings. The van der Waals surface area contributed by atoms with Crippen molar-refractivity contribution in [1.29, 1.82) is 0 Å². The van der Waals surface area contributed by atoms with E-state index in [2.05, 4.69) is 13.8 Å². The summed E-state index contributed by atoms with van der Waals surface area (Å²) in [6.07, 6.45) is 2.61. The third kappa shape index (κ3) is 61.4. The maximum atomic E-state index is 8.52. The molecule has 15 heavy (non-hydrogen) atoms. The van der Waals surface area contributed by atoms with Gasteiger partial charge in [-0.1, -0.05) is 35.4 Å². The van der Waals surface area contributed by atoms with Crippen molar-refractivity contribution in [3.63, 3.8) is 0 Å².